The summed E-state index contributed by atoms with van der Waals surface area (Å²) < 4.78 is 1.84. The minimum atomic E-state index is -0.139. The van der Waals surface area contributed by atoms with Crippen molar-refractivity contribution in [3.63, 3.8) is 0 Å². The van der Waals surface area contributed by atoms with Crippen LogP contribution in [0, 0.1) is 6.92 Å². The monoisotopic (exact) mass is 419 g/mol. The van der Waals surface area contributed by atoms with E-state index in [1.54, 1.807) is 12.4 Å². The molecule has 5 aromatic rings. The van der Waals surface area contributed by atoms with Crippen molar-refractivity contribution >= 4 is 16.8 Å². The highest BCUT2D eigenvalue weighted by molar-refractivity contribution is 6.06. The van der Waals surface area contributed by atoms with Crippen LogP contribution in [-0.2, 0) is 6.54 Å². The lowest BCUT2D eigenvalue weighted by molar-refractivity contribution is 0.0952. The molecule has 1 amide bonds. The number of aryl methyl sites for hydroxylation is 1. The Morgan fingerprint density at radius 2 is 1.72 bits per heavy atom. The Morgan fingerprint density at radius 1 is 0.969 bits per heavy atom. The second-order valence-corrected chi connectivity index (χ2v) is 7.53. The number of hydrogen-bond donors (Lipinski definition) is 1. The molecule has 6 heteroatoms. The van der Waals surface area contributed by atoms with E-state index in [1.807, 2.05) is 90.6 Å². The fourth-order valence-corrected chi connectivity index (χ4v) is 3.77. The Kier molecular flexibility index (Phi) is 5.17. The van der Waals surface area contributed by atoms with Gasteiger partial charge in [0, 0.05) is 47.3 Å². The van der Waals surface area contributed by atoms with Crippen molar-refractivity contribution in [3.8, 4) is 16.9 Å². The molecule has 0 spiro atoms. The van der Waals surface area contributed by atoms with Gasteiger partial charge in [-0.25, -0.2) is 4.68 Å². The number of nitrogens with zero attached hydrogens (tertiary/aromatic N) is 4. The average molecular weight is 419 g/mol. The van der Waals surface area contributed by atoms with E-state index in [9.17, 15) is 4.79 Å². The predicted molar refractivity (Wildman–Crippen MR) is 124 cm³/mol. The number of carbonyl (C=O) groups excluding carboxylic acids is 1. The first-order valence-electron chi connectivity index (χ1n) is 10.4. The summed E-state index contributed by atoms with van der Waals surface area (Å²) >= 11 is 0. The molecule has 5 rings (SSSR count). The molecule has 0 atom stereocenters. The Hall–Kier alpha value is -4.32. The van der Waals surface area contributed by atoms with E-state index in [0.29, 0.717) is 12.1 Å². The molecule has 0 fully saturated rings. The van der Waals surface area contributed by atoms with Crippen molar-refractivity contribution in [2.75, 3.05) is 0 Å². The van der Waals surface area contributed by atoms with Gasteiger partial charge >= 0.3 is 0 Å². The van der Waals surface area contributed by atoms with Gasteiger partial charge in [-0.2, -0.15) is 5.10 Å². The molecule has 0 radical (unpaired) electrons. The summed E-state index contributed by atoms with van der Waals surface area (Å²) in [5.41, 5.74) is 5.88. The molecule has 0 unspecified atom stereocenters. The van der Waals surface area contributed by atoms with Crippen molar-refractivity contribution < 1.29 is 4.79 Å². The van der Waals surface area contributed by atoms with Crippen LogP contribution in [0.25, 0.3) is 27.8 Å². The Labute approximate surface area is 185 Å². The number of amides is 1. The molecule has 0 aliphatic heterocycles. The maximum Gasteiger partial charge on any atom is 0.252 e. The van der Waals surface area contributed by atoms with Gasteiger partial charge in [0.2, 0.25) is 0 Å². The van der Waals surface area contributed by atoms with E-state index >= 15 is 0 Å². The summed E-state index contributed by atoms with van der Waals surface area (Å²) in [5.74, 6) is -0.139. The first-order chi connectivity index (χ1) is 15.7. The van der Waals surface area contributed by atoms with Crippen LogP contribution < -0.4 is 5.32 Å². The van der Waals surface area contributed by atoms with Crippen LogP contribution in [0.5, 0.6) is 0 Å². The number of pyridine rings is 2. The summed E-state index contributed by atoms with van der Waals surface area (Å²) in [5, 5.41) is 8.70. The van der Waals surface area contributed by atoms with Crippen LogP contribution in [0.3, 0.4) is 0 Å². The van der Waals surface area contributed by atoms with Gasteiger partial charge in [-0.15, -0.1) is 0 Å². The van der Waals surface area contributed by atoms with Crippen LogP contribution in [0.4, 0.5) is 0 Å². The van der Waals surface area contributed by atoms with Crippen molar-refractivity contribution in [1.29, 1.82) is 0 Å². The lowest BCUT2D eigenvalue weighted by Gasteiger charge is -2.09. The first-order valence-corrected chi connectivity index (χ1v) is 10.4. The van der Waals surface area contributed by atoms with Gasteiger partial charge in [-0.3, -0.25) is 14.8 Å². The zero-order valence-electron chi connectivity index (χ0n) is 17.6. The van der Waals surface area contributed by atoms with E-state index in [0.717, 1.165) is 39.1 Å². The topological polar surface area (TPSA) is 72.7 Å². The number of aromatic nitrogens is 4. The number of fused-ring (bicyclic) bond motifs is 1. The van der Waals surface area contributed by atoms with Crippen LogP contribution in [-0.4, -0.2) is 25.7 Å². The van der Waals surface area contributed by atoms with E-state index < -0.39 is 0 Å². The van der Waals surface area contributed by atoms with Gasteiger partial charge < -0.3 is 5.32 Å². The molecule has 1 N–H and O–H groups in total. The SMILES string of the molecule is Cc1cc(C(=O)NCc2cn(-c3ccccc3)nc2-c2ccncc2)c2ccccc2n1. The van der Waals surface area contributed by atoms with Gasteiger partial charge in [0.1, 0.15) is 0 Å². The second-order valence-electron chi connectivity index (χ2n) is 7.53. The molecule has 0 saturated heterocycles. The average Bonchev–Trinajstić information content (AvgIpc) is 3.27. The van der Waals surface area contributed by atoms with E-state index in [-0.39, 0.29) is 5.91 Å². The number of hydrogen-bond acceptors (Lipinski definition) is 4. The molecule has 3 heterocycles. The molecule has 32 heavy (non-hydrogen) atoms. The molecule has 0 aliphatic rings. The number of para-hydroxylation sites is 2. The third-order valence-electron chi connectivity index (χ3n) is 5.29. The van der Waals surface area contributed by atoms with Crippen LogP contribution in [0.2, 0.25) is 0 Å². The fourth-order valence-electron chi connectivity index (χ4n) is 3.77. The Morgan fingerprint density at radius 3 is 2.53 bits per heavy atom. The lowest BCUT2D eigenvalue weighted by Crippen LogP contribution is -2.23. The number of carbonyl (C=O) groups is 1. The summed E-state index contributed by atoms with van der Waals surface area (Å²) in [7, 11) is 0. The Bertz CT molecular complexity index is 1390. The number of benzene rings is 2. The Balaban J connectivity index is 1.48. The van der Waals surface area contributed by atoms with E-state index in [1.165, 1.54) is 0 Å². The predicted octanol–water partition coefficient (Wildman–Crippen LogP) is 4.72. The van der Waals surface area contributed by atoms with Crippen molar-refractivity contribution in [1.82, 2.24) is 25.1 Å². The van der Waals surface area contributed by atoms with Crippen LogP contribution in [0.15, 0.2) is 91.4 Å². The normalized spacial score (nSPS) is 10.9. The second kappa shape index (κ2) is 8.43. The third-order valence-corrected chi connectivity index (χ3v) is 5.29. The molecule has 156 valence electrons. The van der Waals surface area contributed by atoms with Gasteiger partial charge in [0.25, 0.3) is 5.91 Å². The fraction of sp³-hybridized carbons (Fsp3) is 0.0769. The van der Waals surface area contributed by atoms with Crippen molar-refractivity contribution in [2.45, 2.75) is 13.5 Å². The number of rotatable bonds is 5. The van der Waals surface area contributed by atoms with Gasteiger partial charge in [0.15, 0.2) is 0 Å². The minimum Gasteiger partial charge on any atom is -0.348 e. The third kappa shape index (κ3) is 3.86. The molecule has 0 saturated carbocycles. The highest BCUT2D eigenvalue weighted by atomic mass is 16.1. The van der Waals surface area contributed by atoms with Crippen LogP contribution >= 0.6 is 0 Å². The zero-order chi connectivity index (χ0) is 21.9. The molecule has 3 aromatic heterocycles. The molecule has 2 aromatic carbocycles. The van der Waals surface area contributed by atoms with Gasteiger partial charge in [-0.1, -0.05) is 36.4 Å². The maximum absolute atomic E-state index is 13.1. The van der Waals surface area contributed by atoms with Gasteiger partial charge in [0.05, 0.1) is 22.5 Å². The number of nitrogens with one attached hydrogen (secondary N) is 1. The van der Waals surface area contributed by atoms with Crippen LogP contribution in [0.1, 0.15) is 21.6 Å². The quantitative estimate of drug-likeness (QED) is 0.447. The maximum atomic E-state index is 13.1. The smallest absolute Gasteiger partial charge is 0.252 e. The summed E-state index contributed by atoms with van der Waals surface area (Å²) in [4.78, 5) is 21.8. The summed E-state index contributed by atoms with van der Waals surface area (Å²) in [6.07, 6.45) is 5.44. The van der Waals surface area contributed by atoms with Crippen molar-refractivity contribution in [2.24, 2.45) is 0 Å². The zero-order valence-corrected chi connectivity index (χ0v) is 17.6. The molecular weight excluding hydrogens is 398 g/mol. The lowest BCUT2D eigenvalue weighted by atomic mass is 10.1. The van der Waals surface area contributed by atoms with Crippen molar-refractivity contribution in [3.05, 3.63) is 108 Å². The van der Waals surface area contributed by atoms with Gasteiger partial charge in [-0.05, 0) is 43.3 Å². The standard InChI is InChI=1S/C26H21N5O/c1-18-15-23(22-9-5-6-10-24(22)29-18)26(32)28-16-20-17-31(21-7-3-2-4-8-21)30-25(20)19-11-13-27-14-12-19/h2-15,17H,16H2,1H3,(H,28,32). The molecule has 6 nitrogen and oxygen atoms in total. The molecule has 0 aliphatic carbocycles. The molecular formula is C26H21N5O. The first kappa shape index (κ1) is 19.6. The highest BCUT2D eigenvalue weighted by Gasteiger charge is 2.16. The minimum absolute atomic E-state index is 0.139. The molecule has 0 bridgehead atoms. The summed E-state index contributed by atoms with van der Waals surface area (Å²) in [6.45, 7) is 2.24. The largest absolute Gasteiger partial charge is 0.348 e. The van der Waals surface area contributed by atoms with E-state index in [2.05, 4.69) is 15.3 Å². The highest BCUT2D eigenvalue weighted by Crippen LogP contribution is 2.24. The van der Waals surface area contributed by atoms with E-state index in [4.69, 9.17) is 5.10 Å². The summed E-state index contributed by atoms with van der Waals surface area (Å²) in [6, 6.07) is 23.3.